The van der Waals surface area contributed by atoms with E-state index in [0.29, 0.717) is 23.3 Å². The third-order valence-electron chi connectivity index (χ3n) is 7.95. The van der Waals surface area contributed by atoms with E-state index >= 15 is 0 Å². The molecule has 0 amide bonds. The van der Waals surface area contributed by atoms with Gasteiger partial charge in [0, 0.05) is 11.8 Å². The minimum atomic E-state index is -3.94. The SMILES string of the molecule is CCCCC1COC(C2CCC(CC/C=C/c3ccc(C(F)(F)Oc4ccc(OC=C(F)F)cc4)c(F)c3)CC2)OC1. The monoisotopic (exact) mass is 594 g/mol. The zero-order valence-electron chi connectivity index (χ0n) is 23.9. The number of halogens is 5. The Balaban J connectivity index is 1.19. The second kappa shape index (κ2) is 15.5. The number of rotatable bonds is 13. The number of allylic oxidation sites excluding steroid dienone is 1. The highest BCUT2D eigenvalue weighted by Gasteiger charge is 2.37. The van der Waals surface area contributed by atoms with Gasteiger partial charge in [0.2, 0.25) is 0 Å². The Morgan fingerprint density at radius 2 is 1.62 bits per heavy atom. The highest BCUT2D eigenvalue weighted by molar-refractivity contribution is 5.50. The molecule has 0 bridgehead atoms. The molecule has 0 spiro atoms. The third-order valence-corrected chi connectivity index (χ3v) is 7.95. The first-order valence-electron chi connectivity index (χ1n) is 14.8. The molecule has 0 radical (unpaired) electrons. The van der Waals surface area contributed by atoms with Gasteiger partial charge >= 0.3 is 12.2 Å². The zero-order chi connectivity index (χ0) is 30.0. The van der Waals surface area contributed by atoms with E-state index in [1.54, 1.807) is 6.08 Å². The molecule has 2 fully saturated rings. The summed E-state index contributed by atoms with van der Waals surface area (Å²) in [5, 5.41) is 0. The molecule has 1 aliphatic heterocycles. The Labute approximate surface area is 244 Å². The highest BCUT2D eigenvalue weighted by Crippen LogP contribution is 2.37. The molecule has 1 aliphatic carbocycles. The molecular formula is C33H39F5O4. The molecule has 1 heterocycles. The van der Waals surface area contributed by atoms with Gasteiger partial charge in [-0.1, -0.05) is 38.0 Å². The van der Waals surface area contributed by atoms with Crippen LogP contribution in [0.5, 0.6) is 11.5 Å². The van der Waals surface area contributed by atoms with Gasteiger partial charge < -0.3 is 18.9 Å². The number of alkyl halides is 2. The largest absolute Gasteiger partial charge is 0.459 e. The van der Waals surface area contributed by atoms with E-state index in [1.165, 1.54) is 37.5 Å². The standard InChI is InChI=1S/C33H39F5O4/c1-2-3-6-25-20-40-32(41-21-25)26-12-9-23(10-13-26)7-4-5-8-24-11-18-29(30(34)19-24)33(37,38)42-28-16-14-27(15-17-28)39-22-31(35)36/h5,8,11,14-19,22-23,25-26,32H,2-4,6-7,9-10,12-13,20-21H2,1H3/b8-5+. The van der Waals surface area contributed by atoms with Crippen LogP contribution in [-0.2, 0) is 15.6 Å². The van der Waals surface area contributed by atoms with Crippen LogP contribution in [-0.4, -0.2) is 19.5 Å². The summed E-state index contributed by atoms with van der Waals surface area (Å²) >= 11 is 0. The molecule has 4 nitrogen and oxygen atoms in total. The van der Waals surface area contributed by atoms with Crippen molar-refractivity contribution in [1.29, 1.82) is 0 Å². The Kier molecular flexibility index (Phi) is 11.8. The van der Waals surface area contributed by atoms with Crippen molar-refractivity contribution >= 4 is 6.08 Å². The number of hydrogen-bond donors (Lipinski definition) is 0. The van der Waals surface area contributed by atoms with Gasteiger partial charge in [-0.2, -0.15) is 17.6 Å². The van der Waals surface area contributed by atoms with E-state index in [0.717, 1.165) is 76.0 Å². The summed E-state index contributed by atoms with van der Waals surface area (Å²) in [6.45, 7) is 3.81. The van der Waals surface area contributed by atoms with Crippen LogP contribution in [0.2, 0.25) is 0 Å². The molecule has 42 heavy (non-hydrogen) atoms. The molecule has 1 saturated heterocycles. The van der Waals surface area contributed by atoms with Gasteiger partial charge in [0.05, 0.1) is 18.8 Å². The Morgan fingerprint density at radius 3 is 2.26 bits per heavy atom. The van der Waals surface area contributed by atoms with Gasteiger partial charge in [-0.05, 0) is 92.8 Å². The average molecular weight is 595 g/mol. The van der Waals surface area contributed by atoms with E-state index in [4.69, 9.17) is 14.2 Å². The molecule has 0 N–H and O–H groups in total. The first-order chi connectivity index (χ1) is 20.2. The van der Waals surface area contributed by atoms with Crippen LogP contribution in [0, 0.1) is 23.6 Å². The van der Waals surface area contributed by atoms with Gasteiger partial charge in [0.1, 0.15) is 17.3 Å². The lowest BCUT2D eigenvalue weighted by Gasteiger charge is -2.37. The van der Waals surface area contributed by atoms with E-state index in [2.05, 4.69) is 11.7 Å². The van der Waals surface area contributed by atoms with Crippen LogP contribution in [0.1, 0.15) is 75.8 Å². The summed E-state index contributed by atoms with van der Waals surface area (Å²) in [5.74, 6) is 0.233. The summed E-state index contributed by atoms with van der Waals surface area (Å²) in [4.78, 5) is 0. The van der Waals surface area contributed by atoms with Crippen LogP contribution in [0.4, 0.5) is 22.0 Å². The summed E-state index contributed by atoms with van der Waals surface area (Å²) in [6, 6.07) is 8.09. The normalized spacial score (nSPS) is 23.1. The van der Waals surface area contributed by atoms with Crippen molar-refractivity contribution in [3.05, 3.63) is 77.8 Å². The molecule has 2 aliphatic rings. The topological polar surface area (TPSA) is 36.9 Å². The molecule has 0 atom stereocenters. The molecule has 1 saturated carbocycles. The molecule has 9 heteroatoms. The number of unbranched alkanes of at least 4 members (excludes halogenated alkanes) is 1. The molecule has 2 aromatic rings. The lowest BCUT2D eigenvalue weighted by atomic mass is 9.79. The van der Waals surface area contributed by atoms with E-state index in [1.807, 2.05) is 6.08 Å². The maximum absolute atomic E-state index is 14.7. The van der Waals surface area contributed by atoms with E-state index in [9.17, 15) is 22.0 Å². The summed E-state index contributed by atoms with van der Waals surface area (Å²) in [5.41, 5.74) is -0.421. The second-order valence-corrected chi connectivity index (χ2v) is 11.2. The van der Waals surface area contributed by atoms with Crippen molar-refractivity contribution in [2.24, 2.45) is 17.8 Å². The lowest BCUT2D eigenvalue weighted by molar-refractivity contribution is -0.230. The van der Waals surface area contributed by atoms with E-state index in [-0.39, 0.29) is 24.1 Å². The van der Waals surface area contributed by atoms with Crippen molar-refractivity contribution in [3.63, 3.8) is 0 Å². The molecule has 2 aromatic carbocycles. The maximum atomic E-state index is 14.7. The Bertz CT molecular complexity index is 1160. The van der Waals surface area contributed by atoms with Crippen molar-refractivity contribution in [3.8, 4) is 11.5 Å². The van der Waals surface area contributed by atoms with Crippen molar-refractivity contribution < 1.29 is 40.9 Å². The fourth-order valence-corrected chi connectivity index (χ4v) is 5.56. The number of ether oxygens (including phenoxy) is 4. The fraction of sp³-hybridized carbons (Fsp3) is 0.515. The van der Waals surface area contributed by atoms with Crippen LogP contribution < -0.4 is 9.47 Å². The van der Waals surface area contributed by atoms with E-state index < -0.39 is 23.6 Å². The smallest absolute Gasteiger partial charge is 0.429 e. The summed E-state index contributed by atoms with van der Waals surface area (Å²) < 4.78 is 89.6. The van der Waals surface area contributed by atoms with Gasteiger partial charge in [-0.3, -0.25) is 0 Å². The van der Waals surface area contributed by atoms with Crippen LogP contribution in [0.3, 0.4) is 0 Å². The van der Waals surface area contributed by atoms with Crippen molar-refractivity contribution in [1.82, 2.24) is 0 Å². The second-order valence-electron chi connectivity index (χ2n) is 11.2. The van der Waals surface area contributed by atoms with Crippen LogP contribution >= 0.6 is 0 Å². The minimum absolute atomic E-state index is 0.00731. The van der Waals surface area contributed by atoms with Gasteiger partial charge in [-0.15, -0.1) is 0 Å². The maximum Gasteiger partial charge on any atom is 0.429 e. The van der Waals surface area contributed by atoms with Gasteiger partial charge in [-0.25, -0.2) is 4.39 Å². The molecular weight excluding hydrogens is 555 g/mol. The van der Waals surface area contributed by atoms with Crippen LogP contribution in [0.15, 0.2) is 60.9 Å². The molecule has 0 unspecified atom stereocenters. The Morgan fingerprint density at radius 1 is 0.929 bits per heavy atom. The quantitative estimate of drug-likeness (QED) is 0.171. The van der Waals surface area contributed by atoms with Gasteiger partial charge in [0.25, 0.3) is 0 Å². The average Bonchev–Trinajstić information content (AvgIpc) is 2.98. The van der Waals surface area contributed by atoms with Crippen molar-refractivity contribution in [2.45, 2.75) is 77.1 Å². The third kappa shape index (κ3) is 9.56. The Hall–Kier alpha value is -2.91. The molecule has 230 valence electrons. The first-order valence-corrected chi connectivity index (χ1v) is 14.8. The number of hydrogen-bond acceptors (Lipinski definition) is 4. The van der Waals surface area contributed by atoms with Gasteiger partial charge in [0.15, 0.2) is 12.6 Å². The predicted molar refractivity (Wildman–Crippen MR) is 151 cm³/mol. The van der Waals surface area contributed by atoms with Crippen molar-refractivity contribution in [2.75, 3.05) is 13.2 Å². The molecule has 4 rings (SSSR count). The summed E-state index contributed by atoms with van der Waals surface area (Å²) in [7, 11) is 0. The highest BCUT2D eigenvalue weighted by atomic mass is 19.3. The minimum Gasteiger partial charge on any atom is -0.459 e. The fourth-order valence-electron chi connectivity index (χ4n) is 5.56. The first kappa shape index (κ1) is 32.0. The predicted octanol–water partition coefficient (Wildman–Crippen LogP) is 9.85. The number of benzene rings is 2. The lowest BCUT2D eigenvalue weighted by Crippen LogP contribution is -2.38. The molecule has 0 aromatic heterocycles. The zero-order valence-corrected chi connectivity index (χ0v) is 23.9. The summed E-state index contributed by atoms with van der Waals surface area (Å²) in [6.07, 6.45) is 7.73. The van der Waals surface area contributed by atoms with Crippen LogP contribution in [0.25, 0.3) is 6.08 Å².